The normalized spacial score (nSPS) is 13.7. The van der Waals surface area contributed by atoms with Gasteiger partial charge in [0, 0.05) is 11.1 Å². The van der Waals surface area contributed by atoms with Crippen LogP contribution in [0.3, 0.4) is 0 Å². The Morgan fingerprint density at radius 1 is 0.788 bits per heavy atom. The number of hydrogen-bond acceptors (Lipinski definition) is 4. The maximum absolute atomic E-state index is 13.8. The van der Waals surface area contributed by atoms with Crippen LogP contribution in [0.15, 0.2) is 71.3 Å². The lowest BCUT2D eigenvalue weighted by molar-refractivity contribution is -0.137. The van der Waals surface area contributed by atoms with Gasteiger partial charge in [0.15, 0.2) is 0 Å². The van der Waals surface area contributed by atoms with E-state index < -0.39 is 11.7 Å². The maximum atomic E-state index is 13.8. The van der Waals surface area contributed by atoms with E-state index in [1.54, 1.807) is 36.4 Å². The Morgan fingerprint density at radius 2 is 1.52 bits per heavy atom. The standard InChI is InChI=1S/C25H20F3N3O.ClH/c26-25(27,28)22-15-20(8-9-21(22)17-4-2-1-3-5-17)24-30-23(31-32-24)19-7-6-16-10-12-29-13-11-18(16)14-19;/h1-9,14-15,29H,10-13H2;1H. The summed E-state index contributed by atoms with van der Waals surface area (Å²) in [5, 5.41) is 7.40. The second kappa shape index (κ2) is 9.37. The van der Waals surface area contributed by atoms with Gasteiger partial charge in [-0.2, -0.15) is 18.2 Å². The fourth-order valence-electron chi connectivity index (χ4n) is 4.05. The highest BCUT2D eigenvalue weighted by Crippen LogP contribution is 2.39. The first kappa shape index (κ1) is 23.0. The van der Waals surface area contributed by atoms with Crippen molar-refractivity contribution < 1.29 is 17.7 Å². The number of nitrogens with zero attached hydrogens (tertiary/aromatic N) is 2. The van der Waals surface area contributed by atoms with Crippen molar-refractivity contribution in [2.24, 2.45) is 0 Å². The minimum Gasteiger partial charge on any atom is -0.334 e. The average molecular weight is 472 g/mol. The lowest BCUT2D eigenvalue weighted by Gasteiger charge is -2.14. The maximum Gasteiger partial charge on any atom is 0.417 e. The quantitative estimate of drug-likeness (QED) is 0.386. The van der Waals surface area contributed by atoms with Crippen molar-refractivity contribution in [1.82, 2.24) is 15.5 Å². The molecule has 0 unspecified atom stereocenters. The molecule has 0 spiro atoms. The molecule has 2 heterocycles. The second-order valence-electron chi connectivity index (χ2n) is 7.78. The summed E-state index contributed by atoms with van der Waals surface area (Å²) in [5.41, 5.74) is 3.41. The number of alkyl halides is 3. The minimum atomic E-state index is -4.52. The van der Waals surface area contributed by atoms with Crippen molar-refractivity contribution in [3.8, 4) is 34.0 Å². The lowest BCUT2D eigenvalue weighted by atomic mass is 9.97. The van der Waals surface area contributed by atoms with E-state index >= 15 is 0 Å². The Kier molecular flexibility index (Phi) is 6.54. The number of fused-ring (bicyclic) bond motifs is 1. The summed E-state index contributed by atoms with van der Waals surface area (Å²) in [4.78, 5) is 4.39. The first-order chi connectivity index (χ1) is 15.5. The van der Waals surface area contributed by atoms with Crippen LogP contribution in [0.4, 0.5) is 13.2 Å². The largest absolute Gasteiger partial charge is 0.417 e. The van der Waals surface area contributed by atoms with Crippen molar-refractivity contribution in [2.75, 3.05) is 13.1 Å². The van der Waals surface area contributed by atoms with Crippen molar-refractivity contribution in [1.29, 1.82) is 0 Å². The third-order valence-corrected chi connectivity index (χ3v) is 5.69. The highest BCUT2D eigenvalue weighted by molar-refractivity contribution is 5.85. The van der Waals surface area contributed by atoms with Gasteiger partial charge in [-0.3, -0.25) is 0 Å². The van der Waals surface area contributed by atoms with Gasteiger partial charge in [0.2, 0.25) is 5.82 Å². The average Bonchev–Trinajstić information content (AvgIpc) is 3.18. The molecule has 0 atom stereocenters. The number of aromatic nitrogens is 2. The number of nitrogens with one attached hydrogen (secondary N) is 1. The van der Waals surface area contributed by atoms with Crippen molar-refractivity contribution in [3.05, 3.63) is 83.4 Å². The van der Waals surface area contributed by atoms with Crippen molar-refractivity contribution in [2.45, 2.75) is 19.0 Å². The van der Waals surface area contributed by atoms with E-state index in [1.165, 1.54) is 17.2 Å². The SMILES string of the molecule is Cl.FC(F)(F)c1cc(-c2nc(-c3ccc4c(c3)CCNCC4)no2)ccc1-c1ccccc1. The van der Waals surface area contributed by atoms with Gasteiger partial charge in [-0.05, 0) is 66.4 Å². The van der Waals surface area contributed by atoms with Crippen LogP contribution in [0.25, 0.3) is 34.0 Å². The molecule has 1 aromatic heterocycles. The summed E-state index contributed by atoms with van der Waals surface area (Å²) in [5.74, 6) is 0.419. The molecule has 4 nitrogen and oxygen atoms in total. The molecule has 0 saturated heterocycles. The van der Waals surface area contributed by atoms with E-state index in [1.807, 2.05) is 12.1 Å². The molecule has 1 N–H and O–H groups in total. The van der Waals surface area contributed by atoms with Gasteiger partial charge in [0.05, 0.1) is 5.56 Å². The Balaban J connectivity index is 0.00000259. The van der Waals surface area contributed by atoms with Gasteiger partial charge in [-0.15, -0.1) is 12.4 Å². The fourth-order valence-corrected chi connectivity index (χ4v) is 4.05. The molecule has 170 valence electrons. The van der Waals surface area contributed by atoms with Crippen LogP contribution < -0.4 is 5.32 Å². The second-order valence-corrected chi connectivity index (χ2v) is 7.78. The number of hydrogen-bond donors (Lipinski definition) is 1. The molecule has 0 bridgehead atoms. The number of rotatable bonds is 3. The third-order valence-electron chi connectivity index (χ3n) is 5.69. The summed E-state index contributed by atoms with van der Waals surface area (Å²) in [6.45, 7) is 1.85. The minimum absolute atomic E-state index is 0. The van der Waals surface area contributed by atoms with Crippen LogP contribution in [-0.4, -0.2) is 23.2 Å². The van der Waals surface area contributed by atoms with Gasteiger partial charge < -0.3 is 9.84 Å². The molecule has 0 aliphatic carbocycles. The van der Waals surface area contributed by atoms with E-state index in [-0.39, 0.29) is 29.4 Å². The number of benzene rings is 3. The molecule has 4 aromatic rings. The smallest absolute Gasteiger partial charge is 0.334 e. The zero-order valence-electron chi connectivity index (χ0n) is 17.5. The summed E-state index contributed by atoms with van der Waals surface area (Å²) in [6.07, 6.45) is -2.65. The highest BCUT2D eigenvalue weighted by Gasteiger charge is 2.34. The molecule has 0 radical (unpaired) electrons. The molecule has 3 aromatic carbocycles. The van der Waals surface area contributed by atoms with Crippen LogP contribution in [0.1, 0.15) is 16.7 Å². The van der Waals surface area contributed by atoms with E-state index in [0.29, 0.717) is 11.4 Å². The van der Waals surface area contributed by atoms with Crippen LogP contribution in [0, 0.1) is 0 Å². The van der Waals surface area contributed by atoms with Crippen LogP contribution >= 0.6 is 12.4 Å². The first-order valence-electron chi connectivity index (χ1n) is 10.4. The molecule has 0 fully saturated rings. The summed E-state index contributed by atoms with van der Waals surface area (Å²) < 4.78 is 46.8. The van der Waals surface area contributed by atoms with Gasteiger partial charge in [0.1, 0.15) is 0 Å². The molecule has 0 saturated carbocycles. The molecule has 1 aliphatic rings. The van der Waals surface area contributed by atoms with Crippen LogP contribution in [-0.2, 0) is 19.0 Å². The Morgan fingerprint density at radius 3 is 2.27 bits per heavy atom. The van der Waals surface area contributed by atoms with Gasteiger partial charge in [-0.1, -0.05) is 53.7 Å². The Hall–Kier alpha value is -3.16. The lowest BCUT2D eigenvalue weighted by Crippen LogP contribution is -2.16. The monoisotopic (exact) mass is 471 g/mol. The Labute approximate surface area is 195 Å². The van der Waals surface area contributed by atoms with E-state index in [9.17, 15) is 13.2 Å². The van der Waals surface area contributed by atoms with E-state index in [2.05, 4.69) is 21.5 Å². The summed E-state index contributed by atoms with van der Waals surface area (Å²) in [6, 6.07) is 18.6. The predicted molar refractivity (Wildman–Crippen MR) is 123 cm³/mol. The van der Waals surface area contributed by atoms with Gasteiger partial charge in [0.25, 0.3) is 5.89 Å². The predicted octanol–water partition coefficient (Wildman–Crippen LogP) is 6.20. The number of halogens is 4. The fraction of sp³-hybridized carbons (Fsp3) is 0.200. The molecule has 1 aliphatic heterocycles. The summed E-state index contributed by atoms with van der Waals surface area (Å²) >= 11 is 0. The molecular weight excluding hydrogens is 451 g/mol. The van der Waals surface area contributed by atoms with Gasteiger partial charge >= 0.3 is 6.18 Å². The molecule has 8 heteroatoms. The molecule has 33 heavy (non-hydrogen) atoms. The van der Waals surface area contributed by atoms with E-state index in [0.717, 1.165) is 37.6 Å². The topological polar surface area (TPSA) is 51.0 Å². The van der Waals surface area contributed by atoms with E-state index in [4.69, 9.17) is 4.52 Å². The Bertz CT molecular complexity index is 1260. The first-order valence-corrected chi connectivity index (χ1v) is 10.4. The zero-order valence-corrected chi connectivity index (χ0v) is 18.3. The van der Waals surface area contributed by atoms with Crippen molar-refractivity contribution in [3.63, 3.8) is 0 Å². The molecule has 0 amide bonds. The third kappa shape index (κ3) is 4.79. The zero-order chi connectivity index (χ0) is 22.1. The summed E-state index contributed by atoms with van der Waals surface area (Å²) in [7, 11) is 0. The van der Waals surface area contributed by atoms with Gasteiger partial charge in [-0.25, -0.2) is 0 Å². The molecule has 5 rings (SSSR count). The van der Waals surface area contributed by atoms with Crippen LogP contribution in [0.5, 0.6) is 0 Å². The highest BCUT2D eigenvalue weighted by atomic mass is 35.5. The van der Waals surface area contributed by atoms with Crippen molar-refractivity contribution >= 4 is 12.4 Å². The molecular formula is C25H21ClF3N3O. The van der Waals surface area contributed by atoms with Crippen LogP contribution in [0.2, 0.25) is 0 Å².